The molecule has 0 bridgehead atoms. The molecule has 0 fully saturated rings. The van der Waals surface area contributed by atoms with Crippen molar-refractivity contribution < 1.29 is 42.2 Å². The Hall–Kier alpha value is 0.314. The molecule has 0 amide bonds. The summed E-state index contributed by atoms with van der Waals surface area (Å²) in [5, 5.41) is 0. The van der Waals surface area contributed by atoms with Crippen LogP contribution in [0.1, 0.15) is 13.8 Å². The van der Waals surface area contributed by atoms with Gasteiger partial charge < -0.3 is 10.8 Å². The van der Waals surface area contributed by atoms with Gasteiger partial charge in [0, 0.05) is 32.7 Å². The van der Waals surface area contributed by atoms with E-state index in [-0.39, 0.29) is 32.7 Å². The summed E-state index contributed by atoms with van der Waals surface area (Å²) >= 11 is 0. The number of carbonyl (C=O) groups is 1. The van der Waals surface area contributed by atoms with E-state index < -0.39 is 5.97 Å². The third kappa shape index (κ3) is 8.31. The maximum atomic E-state index is 10.3. The summed E-state index contributed by atoms with van der Waals surface area (Å²) in [5.74, 6) is -0.0917. The second-order valence-electron chi connectivity index (χ2n) is 2.17. The second-order valence-corrected chi connectivity index (χ2v) is 2.17. The number of hydrogen-bond acceptors (Lipinski definition) is 2. The van der Waals surface area contributed by atoms with E-state index in [2.05, 4.69) is 17.4 Å². The molecule has 0 aromatic rings. The van der Waals surface area contributed by atoms with Crippen LogP contribution in [0.4, 0.5) is 0 Å². The van der Waals surface area contributed by atoms with Gasteiger partial charge >= 0.3 is 0 Å². The van der Waals surface area contributed by atoms with Crippen LogP contribution in [0.25, 0.3) is 0 Å². The predicted molar refractivity (Wildman–Crippen MR) is 34.7 cm³/mol. The maximum absolute atomic E-state index is 10.3. The fourth-order valence-electron chi connectivity index (χ4n) is 0.293. The second kappa shape index (κ2) is 7.42. The SMILES string of the molecule is C=[C-]C(=O)OCC(C)C.[Y]. The van der Waals surface area contributed by atoms with Crippen molar-refractivity contribution in [3.05, 3.63) is 12.7 Å². The minimum Gasteiger partial charge on any atom is -0.490 e. The summed E-state index contributed by atoms with van der Waals surface area (Å²) in [6.45, 7) is 7.52. The van der Waals surface area contributed by atoms with Crippen molar-refractivity contribution in [1.29, 1.82) is 0 Å². The van der Waals surface area contributed by atoms with E-state index in [1.54, 1.807) is 0 Å². The molecular formula is C7H11O2Y-. The summed E-state index contributed by atoms with van der Waals surface area (Å²) < 4.78 is 4.64. The van der Waals surface area contributed by atoms with Crippen LogP contribution in [-0.4, -0.2) is 12.6 Å². The van der Waals surface area contributed by atoms with Crippen LogP contribution >= 0.6 is 0 Å². The standard InChI is InChI=1S/C7H11O2.Y/c1-4-7(8)9-5-6(2)3;/h6H,1,5H2,2-3H3;/q-1;. The molecule has 0 aromatic carbocycles. The molecule has 3 heteroatoms. The van der Waals surface area contributed by atoms with Crippen molar-refractivity contribution in [3.63, 3.8) is 0 Å². The molecule has 0 saturated heterocycles. The first-order valence-corrected chi connectivity index (χ1v) is 2.86. The molecule has 0 N–H and O–H groups in total. The van der Waals surface area contributed by atoms with E-state index in [1.807, 2.05) is 13.8 Å². The molecule has 0 rings (SSSR count). The summed E-state index contributed by atoms with van der Waals surface area (Å²) in [7, 11) is 0. The number of rotatable bonds is 3. The van der Waals surface area contributed by atoms with Crippen molar-refractivity contribution >= 4 is 5.97 Å². The molecule has 0 heterocycles. The molecule has 0 aliphatic heterocycles. The molecule has 0 aliphatic carbocycles. The smallest absolute Gasteiger partial charge is 0.147 e. The fourth-order valence-corrected chi connectivity index (χ4v) is 0.293. The Morgan fingerprint density at radius 3 is 2.50 bits per heavy atom. The minimum absolute atomic E-state index is 0. The van der Waals surface area contributed by atoms with Crippen LogP contribution in [0.15, 0.2) is 6.58 Å². The van der Waals surface area contributed by atoms with Crippen LogP contribution in [0, 0.1) is 12.0 Å². The molecule has 55 valence electrons. The van der Waals surface area contributed by atoms with Crippen molar-refractivity contribution in [2.24, 2.45) is 5.92 Å². The topological polar surface area (TPSA) is 26.3 Å². The Kier molecular flexibility index (Phi) is 9.61. The van der Waals surface area contributed by atoms with Crippen LogP contribution in [0.3, 0.4) is 0 Å². The molecule has 0 unspecified atom stereocenters. The van der Waals surface area contributed by atoms with E-state index in [1.165, 1.54) is 0 Å². The average molecular weight is 216 g/mol. The zero-order valence-electron chi connectivity index (χ0n) is 6.39. The summed E-state index contributed by atoms with van der Waals surface area (Å²) in [4.78, 5) is 10.3. The molecule has 0 saturated carbocycles. The van der Waals surface area contributed by atoms with E-state index in [4.69, 9.17) is 0 Å². The maximum Gasteiger partial charge on any atom is 0.147 e. The van der Waals surface area contributed by atoms with Gasteiger partial charge in [-0.3, -0.25) is 11.4 Å². The third-order valence-electron chi connectivity index (χ3n) is 0.692. The Bertz CT molecular complexity index is 110. The number of ether oxygens (including phenoxy) is 1. The molecule has 2 nitrogen and oxygen atoms in total. The van der Waals surface area contributed by atoms with E-state index in [0.717, 1.165) is 0 Å². The van der Waals surface area contributed by atoms with Crippen LogP contribution in [0.5, 0.6) is 0 Å². The third-order valence-corrected chi connectivity index (χ3v) is 0.692. The molecular weight excluding hydrogens is 205 g/mol. The first-order chi connectivity index (χ1) is 4.16. The molecule has 0 atom stereocenters. The van der Waals surface area contributed by atoms with Crippen LogP contribution in [0.2, 0.25) is 0 Å². The van der Waals surface area contributed by atoms with Crippen LogP contribution in [-0.2, 0) is 42.2 Å². The monoisotopic (exact) mass is 216 g/mol. The van der Waals surface area contributed by atoms with Crippen molar-refractivity contribution in [2.45, 2.75) is 13.8 Å². The average Bonchev–Trinajstić information content (AvgIpc) is 1.83. The summed E-state index contributed by atoms with van der Waals surface area (Å²) in [5.41, 5.74) is 0. The quantitative estimate of drug-likeness (QED) is 0.402. The molecule has 0 aliphatic rings. The Morgan fingerprint density at radius 2 is 2.20 bits per heavy atom. The van der Waals surface area contributed by atoms with Gasteiger partial charge in [-0.25, -0.2) is 0 Å². The van der Waals surface area contributed by atoms with Gasteiger partial charge in [0.2, 0.25) is 0 Å². The zero-order chi connectivity index (χ0) is 7.28. The predicted octanol–water partition coefficient (Wildman–Crippen LogP) is 1.17. The Morgan fingerprint density at radius 1 is 1.70 bits per heavy atom. The molecule has 0 aromatic heterocycles. The normalized spacial score (nSPS) is 8.30. The first kappa shape index (κ1) is 12.9. The number of hydrogen-bond donors (Lipinski definition) is 0. The molecule has 1 radical (unpaired) electrons. The number of carbonyl (C=O) groups excluding carboxylic acids is 1. The Labute approximate surface area is 86.9 Å². The van der Waals surface area contributed by atoms with Gasteiger partial charge in [0.15, 0.2) is 0 Å². The zero-order valence-corrected chi connectivity index (χ0v) is 9.22. The van der Waals surface area contributed by atoms with Gasteiger partial charge in [0.05, 0.1) is 6.61 Å². The number of esters is 1. The van der Waals surface area contributed by atoms with Gasteiger partial charge in [0.1, 0.15) is 5.97 Å². The van der Waals surface area contributed by atoms with Gasteiger partial charge in [-0.15, -0.1) is 0 Å². The van der Waals surface area contributed by atoms with Crippen molar-refractivity contribution in [2.75, 3.05) is 6.61 Å². The largest absolute Gasteiger partial charge is 0.490 e. The van der Waals surface area contributed by atoms with E-state index >= 15 is 0 Å². The van der Waals surface area contributed by atoms with Crippen molar-refractivity contribution in [3.8, 4) is 0 Å². The molecule has 10 heavy (non-hydrogen) atoms. The van der Waals surface area contributed by atoms with Gasteiger partial charge in [-0.1, -0.05) is 13.8 Å². The summed E-state index contributed by atoms with van der Waals surface area (Å²) in [6, 6.07) is 0. The molecule has 0 spiro atoms. The fraction of sp³-hybridized carbons (Fsp3) is 0.571. The first-order valence-electron chi connectivity index (χ1n) is 2.86. The van der Waals surface area contributed by atoms with Gasteiger partial charge in [-0.05, 0) is 5.92 Å². The van der Waals surface area contributed by atoms with Gasteiger partial charge in [0.25, 0.3) is 0 Å². The van der Waals surface area contributed by atoms with E-state index in [9.17, 15) is 4.79 Å². The van der Waals surface area contributed by atoms with Crippen LogP contribution < -0.4 is 0 Å². The van der Waals surface area contributed by atoms with E-state index in [0.29, 0.717) is 12.5 Å². The van der Waals surface area contributed by atoms with Crippen molar-refractivity contribution in [1.82, 2.24) is 0 Å². The minimum atomic E-state index is -0.469. The summed E-state index contributed by atoms with van der Waals surface area (Å²) in [6.07, 6.45) is 2.11. The van der Waals surface area contributed by atoms with Gasteiger partial charge in [-0.2, -0.15) is 0 Å². The Balaban J connectivity index is 0.